The summed E-state index contributed by atoms with van der Waals surface area (Å²) in [6, 6.07) is 2.31. The van der Waals surface area contributed by atoms with Crippen LogP contribution in [0.25, 0.3) is 0 Å². The third-order valence-electron chi connectivity index (χ3n) is 4.01. The van der Waals surface area contributed by atoms with Crippen LogP contribution < -0.4 is 10.5 Å². The number of nitro benzene ring substituents is 1. The minimum Gasteiger partial charge on any atom is -0.486 e. The molecule has 1 saturated carbocycles. The molecule has 1 aromatic rings. The van der Waals surface area contributed by atoms with E-state index in [1.54, 1.807) is 6.92 Å². The first kappa shape index (κ1) is 14.7. The number of rotatable bonds is 5. The maximum Gasteiger partial charge on any atom is 0.313 e. The van der Waals surface area contributed by atoms with E-state index >= 15 is 0 Å². The van der Waals surface area contributed by atoms with Crippen LogP contribution in [0.3, 0.4) is 0 Å². The van der Waals surface area contributed by atoms with Gasteiger partial charge in [0.05, 0.1) is 17.6 Å². The summed E-state index contributed by atoms with van der Waals surface area (Å²) in [6.45, 7) is 2.57. The molecule has 0 saturated heterocycles. The Bertz CT molecular complexity index is 507. The SMILES string of the molecule is Cc1cc(OCC2CCCC2CN)c([N+](=O)[O-])cc1F. The van der Waals surface area contributed by atoms with E-state index < -0.39 is 10.7 Å². The first-order valence-electron chi connectivity index (χ1n) is 6.80. The molecule has 0 radical (unpaired) electrons. The lowest BCUT2D eigenvalue weighted by Gasteiger charge is -2.18. The van der Waals surface area contributed by atoms with Crippen LogP contribution in [0.5, 0.6) is 5.75 Å². The summed E-state index contributed by atoms with van der Waals surface area (Å²) in [7, 11) is 0. The monoisotopic (exact) mass is 282 g/mol. The van der Waals surface area contributed by atoms with E-state index in [-0.39, 0.29) is 11.4 Å². The van der Waals surface area contributed by atoms with Gasteiger partial charge in [-0.3, -0.25) is 10.1 Å². The molecule has 1 aliphatic rings. The molecule has 110 valence electrons. The number of nitrogens with two attached hydrogens (primary N) is 1. The third-order valence-corrected chi connectivity index (χ3v) is 4.01. The highest BCUT2D eigenvalue weighted by atomic mass is 19.1. The van der Waals surface area contributed by atoms with Crippen LogP contribution in [0.4, 0.5) is 10.1 Å². The van der Waals surface area contributed by atoms with Crippen LogP contribution in [0, 0.1) is 34.7 Å². The second-order valence-electron chi connectivity index (χ2n) is 5.32. The fourth-order valence-electron chi connectivity index (χ4n) is 2.74. The topological polar surface area (TPSA) is 78.4 Å². The maximum atomic E-state index is 13.4. The van der Waals surface area contributed by atoms with Crippen molar-refractivity contribution in [1.29, 1.82) is 0 Å². The van der Waals surface area contributed by atoms with Gasteiger partial charge in [0.1, 0.15) is 5.82 Å². The van der Waals surface area contributed by atoms with Gasteiger partial charge in [-0.25, -0.2) is 4.39 Å². The van der Waals surface area contributed by atoms with Crippen molar-refractivity contribution in [3.8, 4) is 5.75 Å². The first-order valence-corrected chi connectivity index (χ1v) is 6.80. The zero-order chi connectivity index (χ0) is 14.7. The quantitative estimate of drug-likeness (QED) is 0.665. The number of halogens is 1. The molecular weight excluding hydrogens is 263 g/mol. The Morgan fingerprint density at radius 1 is 1.45 bits per heavy atom. The average Bonchev–Trinajstić information content (AvgIpc) is 2.86. The molecular formula is C14H19FN2O3. The Balaban J connectivity index is 2.12. The normalized spacial score (nSPS) is 21.9. The van der Waals surface area contributed by atoms with Crippen molar-refractivity contribution in [2.45, 2.75) is 26.2 Å². The maximum absolute atomic E-state index is 13.4. The van der Waals surface area contributed by atoms with E-state index in [0.717, 1.165) is 25.3 Å². The van der Waals surface area contributed by atoms with Crippen LogP contribution in [0.1, 0.15) is 24.8 Å². The van der Waals surface area contributed by atoms with E-state index in [2.05, 4.69) is 0 Å². The minimum absolute atomic E-state index is 0.136. The molecule has 5 nitrogen and oxygen atoms in total. The second-order valence-corrected chi connectivity index (χ2v) is 5.32. The zero-order valence-electron chi connectivity index (χ0n) is 11.5. The van der Waals surface area contributed by atoms with Crippen molar-refractivity contribution in [2.24, 2.45) is 17.6 Å². The summed E-state index contributed by atoms with van der Waals surface area (Å²) in [4.78, 5) is 10.3. The van der Waals surface area contributed by atoms with Crippen molar-refractivity contribution in [3.63, 3.8) is 0 Å². The van der Waals surface area contributed by atoms with Crippen molar-refractivity contribution in [3.05, 3.63) is 33.6 Å². The average molecular weight is 282 g/mol. The van der Waals surface area contributed by atoms with E-state index in [9.17, 15) is 14.5 Å². The molecule has 0 aliphatic heterocycles. The Morgan fingerprint density at radius 3 is 2.80 bits per heavy atom. The van der Waals surface area contributed by atoms with Crippen molar-refractivity contribution in [1.82, 2.24) is 0 Å². The Morgan fingerprint density at radius 2 is 2.15 bits per heavy atom. The van der Waals surface area contributed by atoms with Gasteiger partial charge in [0.15, 0.2) is 5.75 Å². The van der Waals surface area contributed by atoms with Gasteiger partial charge < -0.3 is 10.5 Å². The van der Waals surface area contributed by atoms with Gasteiger partial charge in [0.2, 0.25) is 0 Å². The molecule has 2 N–H and O–H groups in total. The van der Waals surface area contributed by atoms with Crippen LogP contribution >= 0.6 is 0 Å². The molecule has 1 fully saturated rings. The molecule has 0 heterocycles. The summed E-state index contributed by atoms with van der Waals surface area (Å²) >= 11 is 0. The molecule has 2 unspecified atom stereocenters. The number of hydrogen-bond acceptors (Lipinski definition) is 4. The van der Waals surface area contributed by atoms with Gasteiger partial charge in [-0.15, -0.1) is 0 Å². The largest absolute Gasteiger partial charge is 0.486 e. The van der Waals surface area contributed by atoms with Crippen molar-refractivity contribution in [2.75, 3.05) is 13.2 Å². The molecule has 0 aromatic heterocycles. The summed E-state index contributed by atoms with van der Waals surface area (Å²) < 4.78 is 19.0. The summed E-state index contributed by atoms with van der Waals surface area (Å²) in [5, 5.41) is 10.9. The van der Waals surface area contributed by atoms with Gasteiger partial charge in [-0.05, 0) is 49.8 Å². The summed E-state index contributed by atoms with van der Waals surface area (Å²) in [6.07, 6.45) is 3.21. The predicted molar refractivity (Wildman–Crippen MR) is 73.2 cm³/mol. The second kappa shape index (κ2) is 6.17. The number of aryl methyl sites for hydroxylation is 1. The van der Waals surface area contributed by atoms with Crippen molar-refractivity contribution >= 4 is 5.69 Å². The number of benzene rings is 1. The van der Waals surface area contributed by atoms with E-state index in [4.69, 9.17) is 10.5 Å². The lowest BCUT2D eigenvalue weighted by molar-refractivity contribution is -0.386. The number of ether oxygens (including phenoxy) is 1. The fraction of sp³-hybridized carbons (Fsp3) is 0.571. The molecule has 2 atom stereocenters. The van der Waals surface area contributed by atoms with Gasteiger partial charge in [0, 0.05) is 0 Å². The van der Waals surface area contributed by atoms with Gasteiger partial charge in [-0.1, -0.05) is 6.42 Å². The lowest BCUT2D eigenvalue weighted by atomic mass is 9.97. The summed E-state index contributed by atoms with van der Waals surface area (Å²) in [5.74, 6) is 0.280. The molecule has 20 heavy (non-hydrogen) atoms. The molecule has 0 amide bonds. The number of hydrogen-bond donors (Lipinski definition) is 1. The Kier molecular flexibility index (Phi) is 4.54. The predicted octanol–water partition coefficient (Wildman–Crippen LogP) is 2.80. The molecule has 0 spiro atoms. The fourth-order valence-corrected chi connectivity index (χ4v) is 2.74. The van der Waals surface area contributed by atoms with E-state index in [1.807, 2.05) is 0 Å². The smallest absolute Gasteiger partial charge is 0.313 e. The molecule has 1 aliphatic carbocycles. The lowest BCUT2D eigenvalue weighted by Crippen LogP contribution is -2.23. The van der Waals surface area contributed by atoms with Gasteiger partial charge in [-0.2, -0.15) is 0 Å². The third kappa shape index (κ3) is 3.07. The molecule has 6 heteroatoms. The van der Waals surface area contributed by atoms with Crippen molar-refractivity contribution < 1.29 is 14.1 Å². The van der Waals surface area contributed by atoms with Gasteiger partial charge >= 0.3 is 5.69 Å². The zero-order valence-corrected chi connectivity index (χ0v) is 11.5. The number of nitrogens with zero attached hydrogens (tertiary/aromatic N) is 1. The van der Waals surface area contributed by atoms with Crippen LogP contribution in [-0.4, -0.2) is 18.1 Å². The number of nitro groups is 1. The summed E-state index contributed by atoms with van der Waals surface area (Å²) in [5.41, 5.74) is 5.72. The Labute approximate surface area is 117 Å². The van der Waals surface area contributed by atoms with E-state index in [0.29, 0.717) is 30.6 Å². The molecule has 2 rings (SSSR count). The van der Waals surface area contributed by atoms with Gasteiger partial charge in [0.25, 0.3) is 0 Å². The standard InChI is InChI=1S/C14H19FN2O3/c1-9-5-14(13(17(18)19)6-12(9)15)20-8-11-4-2-3-10(11)7-16/h5-6,10-11H,2-4,7-8,16H2,1H3. The van der Waals surface area contributed by atoms with Crippen LogP contribution in [-0.2, 0) is 0 Å². The molecule has 0 bridgehead atoms. The van der Waals surface area contributed by atoms with Crippen LogP contribution in [0.2, 0.25) is 0 Å². The minimum atomic E-state index is -0.618. The van der Waals surface area contributed by atoms with E-state index in [1.165, 1.54) is 6.07 Å². The highest BCUT2D eigenvalue weighted by Gasteiger charge is 2.27. The highest BCUT2D eigenvalue weighted by molar-refractivity contribution is 5.48. The first-order chi connectivity index (χ1) is 9.52. The molecule has 1 aromatic carbocycles. The van der Waals surface area contributed by atoms with Crippen LogP contribution in [0.15, 0.2) is 12.1 Å². The Hall–Kier alpha value is -1.69. The highest BCUT2D eigenvalue weighted by Crippen LogP contribution is 2.34.